The Labute approximate surface area is 104 Å². The van der Waals surface area contributed by atoms with E-state index < -0.39 is 29.0 Å². The molecule has 0 fully saturated rings. The Bertz CT molecular complexity index is 670. The Morgan fingerprint density at radius 2 is 2.00 bits per heavy atom. The summed E-state index contributed by atoms with van der Waals surface area (Å²) in [7, 11) is 0. The average Bonchev–Trinajstić information content (AvgIpc) is 2.74. The Kier molecular flexibility index (Phi) is 2.90. The van der Waals surface area contributed by atoms with Crippen molar-refractivity contribution < 1.29 is 22.7 Å². The minimum atomic E-state index is -4.84. The molecule has 1 aromatic heterocycles. The van der Waals surface area contributed by atoms with Gasteiger partial charge in [-0.1, -0.05) is 0 Å². The van der Waals surface area contributed by atoms with Crippen LogP contribution in [0.25, 0.3) is 5.69 Å². The number of aromatic nitrogens is 2. The second-order valence-electron chi connectivity index (χ2n) is 3.60. The van der Waals surface area contributed by atoms with Gasteiger partial charge in [-0.05, 0) is 12.1 Å². The van der Waals surface area contributed by atoms with Crippen LogP contribution in [-0.4, -0.2) is 14.9 Å². The van der Waals surface area contributed by atoms with Crippen molar-refractivity contribution in [3.8, 4) is 17.5 Å². The number of phenolic OH excluding ortho intramolecular Hbond substituents is 1. The zero-order chi connectivity index (χ0) is 14.2. The van der Waals surface area contributed by atoms with Crippen LogP contribution >= 0.6 is 0 Å². The Morgan fingerprint density at radius 3 is 2.47 bits per heavy atom. The van der Waals surface area contributed by atoms with Crippen molar-refractivity contribution in [2.24, 2.45) is 0 Å². The molecule has 1 N–H and O–H groups in total. The molecule has 8 heteroatoms. The molecule has 0 spiro atoms. The zero-order valence-corrected chi connectivity index (χ0v) is 9.11. The van der Waals surface area contributed by atoms with E-state index in [0.717, 1.165) is 23.1 Å². The van der Waals surface area contributed by atoms with Crippen molar-refractivity contribution in [3.05, 3.63) is 41.5 Å². The second-order valence-corrected chi connectivity index (χ2v) is 3.60. The Balaban J connectivity index is 2.71. The maximum absolute atomic E-state index is 12.8. The van der Waals surface area contributed by atoms with Gasteiger partial charge in [0.05, 0.1) is 24.0 Å². The Morgan fingerprint density at radius 1 is 1.32 bits per heavy atom. The molecular weight excluding hydrogens is 266 g/mol. The SMILES string of the molecule is N#Cc1cc(-n2cc(F)cn2)c(O)c(C(F)(F)F)c1. The zero-order valence-electron chi connectivity index (χ0n) is 9.11. The van der Waals surface area contributed by atoms with Gasteiger partial charge in [-0.25, -0.2) is 9.07 Å². The smallest absolute Gasteiger partial charge is 0.420 e. The molecule has 0 atom stereocenters. The summed E-state index contributed by atoms with van der Waals surface area (Å²) in [6.45, 7) is 0. The third-order valence-electron chi connectivity index (χ3n) is 2.32. The molecule has 2 aromatic rings. The van der Waals surface area contributed by atoms with Crippen molar-refractivity contribution >= 4 is 0 Å². The normalized spacial score (nSPS) is 11.3. The highest BCUT2D eigenvalue weighted by Gasteiger charge is 2.36. The van der Waals surface area contributed by atoms with Gasteiger partial charge < -0.3 is 5.11 Å². The molecule has 0 bridgehead atoms. The van der Waals surface area contributed by atoms with E-state index in [1.807, 2.05) is 0 Å². The summed E-state index contributed by atoms with van der Waals surface area (Å²) in [6.07, 6.45) is -3.28. The van der Waals surface area contributed by atoms with Crippen molar-refractivity contribution in [1.82, 2.24) is 9.78 Å². The van der Waals surface area contributed by atoms with Gasteiger partial charge in [0, 0.05) is 0 Å². The largest absolute Gasteiger partial charge is 0.505 e. The predicted octanol–water partition coefficient (Wildman–Crippen LogP) is 2.61. The van der Waals surface area contributed by atoms with Gasteiger partial charge in [0.2, 0.25) is 0 Å². The molecule has 0 aliphatic carbocycles. The van der Waals surface area contributed by atoms with Crippen LogP contribution < -0.4 is 0 Å². The molecule has 0 amide bonds. The highest BCUT2D eigenvalue weighted by molar-refractivity contribution is 5.56. The van der Waals surface area contributed by atoms with Crippen LogP contribution in [0.4, 0.5) is 17.6 Å². The highest BCUT2D eigenvalue weighted by atomic mass is 19.4. The van der Waals surface area contributed by atoms with Crippen molar-refractivity contribution in [2.45, 2.75) is 6.18 Å². The van der Waals surface area contributed by atoms with E-state index >= 15 is 0 Å². The lowest BCUT2D eigenvalue weighted by Crippen LogP contribution is -2.08. The topological polar surface area (TPSA) is 61.8 Å². The monoisotopic (exact) mass is 271 g/mol. The first-order valence-corrected chi connectivity index (χ1v) is 4.88. The van der Waals surface area contributed by atoms with Crippen LogP contribution in [0.3, 0.4) is 0 Å². The maximum Gasteiger partial charge on any atom is 0.420 e. The molecule has 0 aliphatic rings. The molecule has 0 unspecified atom stereocenters. The Hall–Kier alpha value is -2.56. The van der Waals surface area contributed by atoms with Crippen LogP contribution in [0.2, 0.25) is 0 Å². The van der Waals surface area contributed by atoms with Gasteiger partial charge >= 0.3 is 6.18 Å². The minimum absolute atomic E-state index is 0.323. The average molecular weight is 271 g/mol. The fourth-order valence-electron chi connectivity index (χ4n) is 1.51. The van der Waals surface area contributed by atoms with Crippen molar-refractivity contribution in [3.63, 3.8) is 0 Å². The first-order chi connectivity index (χ1) is 8.82. The van der Waals surface area contributed by atoms with E-state index in [1.165, 1.54) is 6.07 Å². The van der Waals surface area contributed by atoms with E-state index in [-0.39, 0.29) is 5.56 Å². The molecule has 2 rings (SSSR count). The molecule has 1 aromatic carbocycles. The molecule has 19 heavy (non-hydrogen) atoms. The van der Waals surface area contributed by atoms with E-state index in [1.54, 1.807) is 0 Å². The standard InChI is InChI=1S/C11H5F4N3O/c12-7-4-17-18(5-7)9-2-6(3-16)1-8(10(9)19)11(13,14)15/h1-2,4-5,19H. The van der Waals surface area contributed by atoms with Crippen molar-refractivity contribution in [1.29, 1.82) is 5.26 Å². The first kappa shape index (κ1) is 12.9. The number of hydrogen-bond donors (Lipinski definition) is 1. The maximum atomic E-state index is 12.8. The molecular formula is C11H5F4N3O. The van der Waals surface area contributed by atoms with Gasteiger partial charge in [0.25, 0.3) is 0 Å². The number of nitriles is 1. The van der Waals surface area contributed by atoms with Gasteiger partial charge in [-0.15, -0.1) is 0 Å². The van der Waals surface area contributed by atoms with E-state index in [2.05, 4.69) is 5.10 Å². The van der Waals surface area contributed by atoms with Crippen LogP contribution in [0.15, 0.2) is 24.5 Å². The van der Waals surface area contributed by atoms with Crippen LogP contribution in [-0.2, 0) is 6.18 Å². The van der Waals surface area contributed by atoms with Gasteiger partial charge in [-0.2, -0.15) is 23.5 Å². The van der Waals surface area contributed by atoms with Crippen LogP contribution in [0, 0.1) is 17.1 Å². The fraction of sp³-hybridized carbons (Fsp3) is 0.0909. The molecule has 4 nitrogen and oxygen atoms in total. The summed E-state index contributed by atoms with van der Waals surface area (Å²) in [5, 5.41) is 21.7. The molecule has 0 radical (unpaired) electrons. The van der Waals surface area contributed by atoms with E-state index in [4.69, 9.17) is 5.26 Å². The van der Waals surface area contributed by atoms with Crippen LogP contribution in [0.1, 0.15) is 11.1 Å². The lowest BCUT2D eigenvalue weighted by Gasteiger charge is -2.13. The third kappa shape index (κ3) is 2.35. The quantitative estimate of drug-likeness (QED) is 0.811. The number of rotatable bonds is 1. The number of aromatic hydroxyl groups is 1. The lowest BCUT2D eigenvalue weighted by molar-refractivity contribution is -0.138. The van der Waals surface area contributed by atoms with Gasteiger partial charge in [0.1, 0.15) is 11.3 Å². The minimum Gasteiger partial charge on any atom is -0.505 e. The summed E-state index contributed by atoms with van der Waals surface area (Å²) in [5.74, 6) is -1.90. The third-order valence-corrected chi connectivity index (χ3v) is 2.32. The highest BCUT2D eigenvalue weighted by Crippen LogP contribution is 2.39. The summed E-state index contributed by atoms with van der Waals surface area (Å²) >= 11 is 0. The van der Waals surface area contributed by atoms with Crippen molar-refractivity contribution in [2.75, 3.05) is 0 Å². The van der Waals surface area contributed by atoms with E-state index in [0.29, 0.717) is 6.07 Å². The summed E-state index contributed by atoms with van der Waals surface area (Å²) in [6, 6.07) is 3.03. The number of nitrogens with zero attached hydrogens (tertiary/aromatic N) is 3. The first-order valence-electron chi connectivity index (χ1n) is 4.88. The molecule has 1 heterocycles. The molecule has 0 aliphatic heterocycles. The number of phenols is 1. The number of benzene rings is 1. The number of hydrogen-bond acceptors (Lipinski definition) is 3. The number of halogens is 4. The van der Waals surface area contributed by atoms with Gasteiger partial charge in [-0.3, -0.25) is 0 Å². The molecule has 0 saturated heterocycles. The molecule has 98 valence electrons. The summed E-state index contributed by atoms with van der Waals surface area (Å²) in [5.41, 5.74) is -2.12. The van der Waals surface area contributed by atoms with Crippen LogP contribution in [0.5, 0.6) is 5.75 Å². The van der Waals surface area contributed by atoms with E-state index in [9.17, 15) is 22.7 Å². The second kappa shape index (κ2) is 4.28. The van der Waals surface area contributed by atoms with Gasteiger partial charge in [0.15, 0.2) is 11.6 Å². The predicted molar refractivity (Wildman–Crippen MR) is 54.9 cm³/mol. The number of alkyl halides is 3. The molecule has 0 saturated carbocycles. The fourth-order valence-corrected chi connectivity index (χ4v) is 1.51. The lowest BCUT2D eigenvalue weighted by atomic mass is 10.1. The summed E-state index contributed by atoms with van der Waals surface area (Å²) < 4.78 is 51.6. The summed E-state index contributed by atoms with van der Waals surface area (Å²) in [4.78, 5) is 0.